The number of rotatable bonds is 15. The van der Waals surface area contributed by atoms with E-state index in [9.17, 15) is 18.6 Å². The van der Waals surface area contributed by atoms with Gasteiger partial charge in [-0.25, -0.2) is 0 Å². The summed E-state index contributed by atoms with van der Waals surface area (Å²) in [5.41, 5.74) is 0.949. The van der Waals surface area contributed by atoms with Crippen molar-refractivity contribution in [2.45, 2.75) is 95.2 Å². The van der Waals surface area contributed by atoms with E-state index in [2.05, 4.69) is 6.92 Å². The van der Waals surface area contributed by atoms with Crippen molar-refractivity contribution in [1.82, 2.24) is 0 Å². The average molecular weight is 401 g/mol. The highest BCUT2D eigenvalue weighted by Gasteiger charge is 2.21. The van der Waals surface area contributed by atoms with E-state index in [1.165, 1.54) is 50.7 Å². The van der Waals surface area contributed by atoms with Gasteiger partial charge in [-0.15, -0.1) is 0 Å². The number of aryl methyl sites for hydroxylation is 1. The molecule has 1 aromatic rings. The number of aliphatic hydroxyl groups is 2. The lowest BCUT2D eigenvalue weighted by atomic mass is 10.0. The van der Waals surface area contributed by atoms with Crippen molar-refractivity contribution in [1.29, 1.82) is 0 Å². The number of hydrogen-bond donors (Lipinski definition) is 2. The second-order valence-electron chi connectivity index (χ2n) is 7.30. The normalized spacial score (nSPS) is 14.2. The predicted octanol–water partition coefficient (Wildman–Crippen LogP) is 4.34. The van der Waals surface area contributed by atoms with Crippen LogP contribution in [0.25, 0.3) is 0 Å². The summed E-state index contributed by atoms with van der Waals surface area (Å²) in [6.07, 6.45) is 8.88. The number of aliphatic hydroxyl groups excluding tert-OH is 2. The number of benzene rings is 1. The summed E-state index contributed by atoms with van der Waals surface area (Å²) in [4.78, 5) is 0.0497. The highest BCUT2D eigenvalue weighted by molar-refractivity contribution is 7.86. The van der Waals surface area contributed by atoms with Crippen LogP contribution in [0.3, 0.4) is 0 Å². The van der Waals surface area contributed by atoms with Gasteiger partial charge in [0.2, 0.25) is 0 Å². The Morgan fingerprint density at radius 3 is 1.93 bits per heavy atom. The third kappa shape index (κ3) is 10.2. The van der Waals surface area contributed by atoms with Gasteiger partial charge in [0, 0.05) is 0 Å². The molecule has 0 amide bonds. The van der Waals surface area contributed by atoms with E-state index < -0.39 is 28.9 Å². The topological polar surface area (TPSA) is 83.8 Å². The van der Waals surface area contributed by atoms with Crippen LogP contribution >= 0.6 is 0 Å². The van der Waals surface area contributed by atoms with Crippen molar-refractivity contribution in [3.05, 3.63) is 29.8 Å². The second-order valence-corrected chi connectivity index (χ2v) is 8.92. The molecular weight excluding hydrogens is 364 g/mol. The summed E-state index contributed by atoms with van der Waals surface area (Å²) < 4.78 is 29.1. The molecule has 2 atom stereocenters. The maximum atomic E-state index is 12.1. The Balaban J connectivity index is 2.18. The third-order valence-electron chi connectivity index (χ3n) is 4.75. The Hall–Kier alpha value is -0.950. The van der Waals surface area contributed by atoms with Gasteiger partial charge in [0.05, 0.1) is 17.6 Å². The molecule has 0 aliphatic heterocycles. The lowest BCUT2D eigenvalue weighted by Crippen LogP contribution is -2.31. The van der Waals surface area contributed by atoms with Gasteiger partial charge in [-0.05, 0) is 25.5 Å². The Morgan fingerprint density at radius 2 is 1.37 bits per heavy atom. The zero-order chi connectivity index (χ0) is 20.1. The zero-order valence-electron chi connectivity index (χ0n) is 16.8. The molecule has 27 heavy (non-hydrogen) atoms. The van der Waals surface area contributed by atoms with E-state index in [4.69, 9.17) is 4.18 Å². The van der Waals surface area contributed by atoms with E-state index in [0.29, 0.717) is 6.42 Å². The van der Waals surface area contributed by atoms with Crippen LogP contribution in [0.4, 0.5) is 0 Å². The molecule has 0 radical (unpaired) electrons. The quantitative estimate of drug-likeness (QED) is 0.338. The summed E-state index contributed by atoms with van der Waals surface area (Å²) in [6.45, 7) is 3.64. The first kappa shape index (κ1) is 24.1. The molecule has 0 bridgehead atoms. The molecule has 1 aromatic carbocycles. The summed E-state index contributed by atoms with van der Waals surface area (Å²) in [5.74, 6) is 0. The van der Waals surface area contributed by atoms with E-state index >= 15 is 0 Å². The van der Waals surface area contributed by atoms with Crippen LogP contribution in [0.1, 0.15) is 76.7 Å². The summed E-state index contributed by atoms with van der Waals surface area (Å²) >= 11 is 0. The third-order valence-corrected chi connectivity index (χ3v) is 6.05. The van der Waals surface area contributed by atoms with Crippen LogP contribution in [0, 0.1) is 6.92 Å². The Morgan fingerprint density at radius 1 is 0.852 bits per heavy atom. The molecule has 0 aromatic heterocycles. The van der Waals surface area contributed by atoms with E-state index in [1.54, 1.807) is 12.1 Å². The van der Waals surface area contributed by atoms with Crippen molar-refractivity contribution in [3.8, 4) is 0 Å². The molecule has 156 valence electrons. The molecule has 6 heteroatoms. The highest BCUT2D eigenvalue weighted by Crippen LogP contribution is 2.16. The molecular formula is C21H36O5S. The van der Waals surface area contributed by atoms with Crippen LogP contribution in [-0.2, 0) is 14.3 Å². The molecule has 0 spiro atoms. The standard InChI is InChI=1S/C21H36O5S/c1-3-4-5-6-7-8-9-10-11-12-20(22)21(23)17-26-27(24,25)19-15-13-18(2)14-16-19/h13-16,20-23H,3-12,17H2,1-2H3. The van der Waals surface area contributed by atoms with Crippen molar-refractivity contribution < 1.29 is 22.8 Å². The highest BCUT2D eigenvalue weighted by atomic mass is 32.2. The fraction of sp³-hybridized carbons (Fsp3) is 0.714. The monoisotopic (exact) mass is 400 g/mol. The van der Waals surface area contributed by atoms with E-state index in [-0.39, 0.29) is 4.90 Å². The average Bonchev–Trinajstić information content (AvgIpc) is 2.65. The van der Waals surface area contributed by atoms with E-state index in [0.717, 1.165) is 24.8 Å². The molecule has 0 aliphatic rings. The minimum Gasteiger partial charge on any atom is -0.390 e. The van der Waals surface area contributed by atoms with E-state index in [1.807, 2.05) is 6.92 Å². The molecule has 0 fully saturated rings. The second kappa shape index (κ2) is 13.3. The first-order valence-corrected chi connectivity index (χ1v) is 11.6. The fourth-order valence-corrected chi connectivity index (χ4v) is 3.82. The molecule has 2 N–H and O–H groups in total. The first-order chi connectivity index (χ1) is 12.9. The van der Waals surface area contributed by atoms with Gasteiger partial charge in [0.15, 0.2) is 0 Å². The van der Waals surface area contributed by atoms with Gasteiger partial charge in [-0.2, -0.15) is 8.42 Å². The van der Waals surface area contributed by atoms with Gasteiger partial charge < -0.3 is 10.2 Å². The van der Waals surface area contributed by atoms with Gasteiger partial charge in [-0.3, -0.25) is 4.18 Å². The van der Waals surface area contributed by atoms with Crippen LogP contribution in [0.15, 0.2) is 29.2 Å². The van der Waals surface area contributed by atoms with Crippen LogP contribution in [0.2, 0.25) is 0 Å². The van der Waals surface area contributed by atoms with Crippen molar-refractivity contribution in [2.24, 2.45) is 0 Å². The molecule has 0 saturated carbocycles. The van der Waals surface area contributed by atoms with Gasteiger partial charge in [0.1, 0.15) is 6.10 Å². The summed E-state index contributed by atoms with van der Waals surface area (Å²) in [5, 5.41) is 20.0. The zero-order valence-corrected chi connectivity index (χ0v) is 17.6. The molecule has 2 unspecified atom stereocenters. The Labute approximate surface area is 164 Å². The molecule has 1 rings (SSSR count). The fourth-order valence-electron chi connectivity index (χ4n) is 2.90. The lowest BCUT2D eigenvalue weighted by Gasteiger charge is -2.17. The van der Waals surface area contributed by atoms with Crippen LogP contribution in [-0.4, -0.2) is 37.4 Å². The van der Waals surface area contributed by atoms with Crippen LogP contribution in [0.5, 0.6) is 0 Å². The molecule has 0 heterocycles. The molecule has 0 saturated heterocycles. The van der Waals surface area contributed by atoms with Crippen molar-refractivity contribution in [3.63, 3.8) is 0 Å². The predicted molar refractivity (Wildman–Crippen MR) is 108 cm³/mol. The molecule has 5 nitrogen and oxygen atoms in total. The maximum absolute atomic E-state index is 12.1. The van der Waals surface area contributed by atoms with Crippen molar-refractivity contribution in [2.75, 3.05) is 6.61 Å². The minimum atomic E-state index is -3.92. The number of hydrogen-bond acceptors (Lipinski definition) is 5. The Bertz CT molecular complexity index is 598. The largest absolute Gasteiger partial charge is 0.390 e. The van der Waals surface area contributed by atoms with Crippen molar-refractivity contribution >= 4 is 10.1 Å². The smallest absolute Gasteiger partial charge is 0.297 e. The van der Waals surface area contributed by atoms with Crippen LogP contribution < -0.4 is 0 Å². The van der Waals surface area contributed by atoms with Gasteiger partial charge >= 0.3 is 0 Å². The first-order valence-electron chi connectivity index (χ1n) is 10.2. The van der Waals surface area contributed by atoms with Gasteiger partial charge in [0.25, 0.3) is 10.1 Å². The number of unbranched alkanes of at least 4 members (excludes halogenated alkanes) is 8. The lowest BCUT2D eigenvalue weighted by molar-refractivity contribution is -0.0113. The molecule has 0 aliphatic carbocycles. The Kier molecular flexibility index (Phi) is 11.8. The summed E-state index contributed by atoms with van der Waals surface area (Å²) in [7, 11) is -3.92. The van der Waals surface area contributed by atoms with Gasteiger partial charge in [-0.1, -0.05) is 82.4 Å². The summed E-state index contributed by atoms with van der Waals surface area (Å²) in [6, 6.07) is 6.31. The minimum absolute atomic E-state index is 0.0497. The SMILES string of the molecule is CCCCCCCCCCCC(O)C(O)COS(=O)(=O)c1ccc(C)cc1. The maximum Gasteiger partial charge on any atom is 0.297 e.